The largest absolute Gasteiger partial charge is 0.456 e. The Labute approximate surface area is 115 Å². The molecule has 0 saturated heterocycles. The zero-order valence-corrected chi connectivity index (χ0v) is 11.3. The maximum Gasteiger partial charge on any atom is 0.163 e. The fourth-order valence-electron chi connectivity index (χ4n) is 1.67. The molecule has 4 heteroatoms. The van der Waals surface area contributed by atoms with Crippen molar-refractivity contribution in [3.8, 4) is 11.5 Å². The molecule has 0 aliphatic carbocycles. The Morgan fingerprint density at radius 2 is 1.89 bits per heavy atom. The number of carbonyl (C=O) groups is 1. The van der Waals surface area contributed by atoms with Crippen LogP contribution in [0.1, 0.15) is 22.8 Å². The third-order valence-electron chi connectivity index (χ3n) is 2.69. The minimum absolute atomic E-state index is 0.208. The van der Waals surface area contributed by atoms with E-state index in [2.05, 4.69) is 0 Å². The average Bonchev–Trinajstić information content (AvgIpc) is 2.35. The molecule has 0 N–H and O–H groups in total. The van der Waals surface area contributed by atoms with Gasteiger partial charge in [0.1, 0.15) is 17.3 Å². The molecule has 0 radical (unpaired) electrons. The van der Waals surface area contributed by atoms with Crippen LogP contribution in [0.3, 0.4) is 0 Å². The topological polar surface area (TPSA) is 26.3 Å². The summed E-state index contributed by atoms with van der Waals surface area (Å²) in [7, 11) is 0. The lowest BCUT2D eigenvalue weighted by Crippen LogP contribution is -1.98. The lowest BCUT2D eigenvalue weighted by atomic mass is 10.1. The maximum atomic E-state index is 13.2. The third-order valence-corrected chi connectivity index (χ3v) is 2.93. The monoisotopic (exact) mass is 278 g/mol. The Morgan fingerprint density at radius 3 is 2.58 bits per heavy atom. The van der Waals surface area contributed by atoms with Gasteiger partial charge >= 0.3 is 0 Å². The van der Waals surface area contributed by atoms with Crippen molar-refractivity contribution in [1.82, 2.24) is 0 Å². The van der Waals surface area contributed by atoms with Crippen LogP contribution in [0.5, 0.6) is 11.5 Å². The van der Waals surface area contributed by atoms with Crippen molar-refractivity contribution < 1.29 is 13.9 Å². The van der Waals surface area contributed by atoms with E-state index in [1.165, 1.54) is 19.1 Å². The Morgan fingerprint density at radius 1 is 1.16 bits per heavy atom. The predicted octanol–water partition coefficient (Wildman–Crippen LogP) is 4.78. The Kier molecular flexibility index (Phi) is 3.86. The predicted molar refractivity (Wildman–Crippen MR) is 72.7 cm³/mol. The summed E-state index contributed by atoms with van der Waals surface area (Å²) < 4.78 is 18.8. The Balaban J connectivity index is 2.43. The summed E-state index contributed by atoms with van der Waals surface area (Å²) in [5.74, 6) is 0.135. The van der Waals surface area contributed by atoms with E-state index in [-0.39, 0.29) is 11.3 Å². The molecule has 0 amide bonds. The lowest BCUT2D eigenvalue weighted by Gasteiger charge is -2.12. The van der Waals surface area contributed by atoms with Crippen LogP contribution in [0.25, 0.3) is 0 Å². The molecule has 0 aliphatic rings. The number of halogens is 2. The van der Waals surface area contributed by atoms with E-state index in [1.807, 2.05) is 13.0 Å². The number of ether oxygens (including phenoxy) is 1. The highest BCUT2D eigenvalue weighted by Gasteiger charge is 2.12. The van der Waals surface area contributed by atoms with Gasteiger partial charge in [-0.3, -0.25) is 4.79 Å². The molecule has 0 heterocycles. The summed E-state index contributed by atoms with van der Waals surface area (Å²) in [4.78, 5) is 11.5. The van der Waals surface area contributed by atoms with Crippen LogP contribution in [0.15, 0.2) is 36.4 Å². The highest BCUT2D eigenvalue weighted by molar-refractivity contribution is 6.30. The molecule has 0 bridgehead atoms. The lowest BCUT2D eigenvalue weighted by molar-refractivity contribution is 0.101. The van der Waals surface area contributed by atoms with Gasteiger partial charge in [0.25, 0.3) is 0 Å². The zero-order chi connectivity index (χ0) is 14.0. The van der Waals surface area contributed by atoms with E-state index < -0.39 is 5.82 Å². The molecular formula is C15H12ClFO2. The maximum absolute atomic E-state index is 13.2. The summed E-state index contributed by atoms with van der Waals surface area (Å²) >= 11 is 5.90. The number of aryl methyl sites for hydroxylation is 1. The van der Waals surface area contributed by atoms with E-state index in [0.717, 1.165) is 11.6 Å². The van der Waals surface area contributed by atoms with Gasteiger partial charge in [0.2, 0.25) is 0 Å². The second kappa shape index (κ2) is 5.41. The number of hydrogen-bond donors (Lipinski definition) is 0. The third kappa shape index (κ3) is 3.12. The normalized spacial score (nSPS) is 10.3. The fraction of sp³-hybridized carbons (Fsp3) is 0.133. The molecule has 0 saturated carbocycles. The summed E-state index contributed by atoms with van der Waals surface area (Å²) in [5, 5.41) is 0.534. The Bertz CT molecular complexity index is 638. The summed E-state index contributed by atoms with van der Waals surface area (Å²) in [6, 6.07) is 9.07. The summed E-state index contributed by atoms with van der Waals surface area (Å²) in [6.45, 7) is 3.23. The van der Waals surface area contributed by atoms with Crippen molar-refractivity contribution >= 4 is 17.4 Å². The first-order valence-corrected chi connectivity index (χ1v) is 6.09. The van der Waals surface area contributed by atoms with Gasteiger partial charge in [-0.05, 0) is 49.7 Å². The van der Waals surface area contributed by atoms with Gasteiger partial charge in [0.15, 0.2) is 5.78 Å². The molecule has 0 aliphatic heterocycles. The quantitative estimate of drug-likeness (QED) is 0.755. The number of hydrogen-bond acceptors (Lipinski definition) is 2. The molecule has 2 aromatic rings. The Hall–Kier alpha value is -1.87. The molecule has 2 nitrogen and oxygen atoms in total. The van der Waals surface area contributed by atoms with Gasteiger partial charge < -0.3 is 4.74 Å². The highest BCUT2D eigenvalue weighted by atomic mass is 35.5. The minimum Gasteiger partial charge on any atom is -0.456 e. The first kappa shape index (κ1) is 13.6. The molecule has 0 aromatic heterocycles. The summed E-state index contributed by atoms with van der Waals surface area (Å²) in [6.07, 6.45) is 0. The van der Waals surface area contributed by atoms with Crippen molar-refractivity contribution in [3.63, 3.8) is 0 Å². The molecule has 2 aromatic carbocycles. The van der Waals surface area contributed by atoms with Crippen LogP contribution < -0.4 is 4.74 Å². The zero-order valence-electron chi connectivity index (χ0n) is 10.5. The number of benzene rings is 2. The number of Topliss-reactive ketones (excluding diaryl/α,β-unsaturated/α-hetero) is 1. The number of rotatable bonds is 3. The number of carbonyl (C=O) groups excluding carboxylic acids is 1. The minimum atomic E-state index is -0.472. The number of ketones is 1. The molecule has 2 rings (SSSR count). The van der Waals surface area contributed by atoms with Crippen LogP contribution >= 0.6 is 11.6 Å². The average molecular weight is 279 g/mol. The van der Waals surface area contributed by atoms with Gasteiger partial charge in [-0.2, -0.15) is 0 Å². The van der Waals surface area contributed by atoms with Crippen LogP contribution in [-0.4, -0.2) is 5.78 Å². The second-order valence-corrected chi connectivity index (χ2v) is 4.64. The van der Waals surface area contributed by atoms with Crippen molar-refractivity contribution in [2.75, 3.05) is 0 Å². The van der Waals surface area contributed by atoms with E-state index in [9.17, 15) is 9.18 Å². The molecular weight excluding hydrogens is 267 g/mol. The highest BCUT2D eigenvalue weighted by Crippen LogP contribution is 2.30. The van der Waals surface area contributed by atoms with Crippen molar-refractivity contribution in [1.29, 1.82) is 0 Å². The van der Waals surface area contributed by atoms with Gasteiger partial charge in [-0.1, -0.05) is 17.7 Å². The van der Waals surface area contributed by atoms with Crippen LogP contribution in [-0.2, 0) is 0 Å². The molecule has 0 atom stereocenters. The molecule has 98 valence electrons. The van der Waals surface area contributed by atoms with Crippen molar-refractivity contribution in [2.24, 2.45) is 0 Å². The van der Waals surface area contributed by atoms with Crippen LogP contribution in [0, 0.1) is 12.7 Å². The fourth-order valence-corrected chi connectivity index (χ4v) is 1.83. The van der Waals surface area contributed by atoms with Gasteiger partial charge in [0.05, 0.1) is 5.56 Å². The van der Waals surface area contributed by atoms with Gasteiger partial charge in [-0.15, -0.1) is 0 Å². The SMILES string of the molecule is CC(=O)c1cc(F)ccc1Oc1cc(Cl)ccc1C. The first-order chi connectivity index (χ1) is 8.97. The van der Waals surface area contributed by atoms with Gasteiger partial charge in [0, 0.05) is 5.02 Å². The molecule has 0 spiro atoms. The standard InChI is InChI=1S/C15H12ClFO2/c1-9-3-4-11(16)7-15(9)19-14-6-5-12(17)8-13(14)10(2)18/h3-8H,1-2H3. The van der Waals surface area contributed by atoms with Crippen molar-refractivity contribution in [3.05, 3.63) is 58.4 Å². The van der Waals surface area contributed by atoms with Crippen molar-refractivity contribution in [2.45, 2.75) is 13.8 Å². The van der Waals surface area contributed by atoms with E-state index in [0.29, 0.717) is 16.5 Å². The van der Waals surface area contributed by atoms with E-state index in [4.69, 9.17) is 16.3 Å². The molecule has 0 fully saturated rings. The van der Waals surface area contributed by atoms with Gasteiger partial charge in [-0.25, -0.2) is 4.39 Å². The molecule has 19 heavy (non-hydrogen) atoms. The van der Waals surface area contributed by atoms with Crippen LogP contribution in [0.2, 0.25) is 5.02 Å². The van der Waals surface area contributed by atoms with E-state index >= 15 is 0 Å². The second-order valence-electron chi connectivity index (χ2n) is 4.21. The van der Waals surface area contributed by atoms with Crippen LogP contribution in [0.4, 0.5) is 4.39 Å². The van der Waals surface area contributed by atoms with E-state index in [1.54, 1.807) is 12.1 Å². The molecule has 0 unspecified atom stereocenters. The smallest absolute Gasteiger partial charge is 0.163 e. The summed E-state index contributed by atoms with van der Waals surface area (Å²) in [5.41, 5.74) is 1.09. The first-order valence-electron chi connectivity index (χ1n) is 5.72.